The topological polar surface area (TPSA) is 49.4 Å². The maximum atomic E-state index is 13.3. The number of amides is 2. The van der Waals surface area contributed by atoms with Gasteiger partial charge in [0, 0.05) is 29.7 Å². The highest BCUT2D eigenvalue weighted by molar-refractivity contribution is 7.99. The van der Waals surface area contributed by atoms with Crippen LogP contribution in [0.25, 0.3) is 0 Å². The van der Waals surface area contributed by atoms with Gasteiger partial charge in [-0.05, 0) is 56.9 Å². The number of hydrogen-bond donors (Lipinski definition) is 1. The quantitative estimate of drug-likeness (QED) is 0.500. The molecule has 0 saturated heterocycles. The van der Waals surface area contributed by atoms with Crippen molar-refractivity contribution in [3.05, 3.63) is 65.2 Å². The molecule has 0 spiro atoms. The van der Waals surface area contributed by atoms with Crippen molar-refractivity contribution >= 4 is 23.6 Å². The number of carbonyl (C=O) groups is 2. The van der Waals surface area contributed by atoms with Crippen LogP contribution in [-0.2, 0) is 16.1 Å². The molecule has 0 aromatic heterocycles. The first-order valence-corrected chi connectivity index (χ1v) is 12.8. The summed E-state index contributed by atoms with van der Waals surface area (Å²) in [4.78, 5) is 29.2. The molecule has 0 bridgehead atoms. The van der Waals surface area contributed by atoms with Crippen molar-refractivity contribution in [3.8, 4) is 0 Å². The molecule has 1 saturated carbocycles. The van der Waals surface area contributed by atoms with Crippen molar-refractivity contribution in [1.29, 1.82) is 0 Å². The van der Waals surface area contributed by atoms with E-state index < -0.39 is 6.04 Å². The van der Waals surface area contributed by atoms with Gasteiger partial charge in [0.05, 0.1) is 0 Å². The molecule has 1 aliphatic carbocycles. The van der Waals surface area contributed by atoms with E-state index in [1.807, 2.05) is 25.1 Å². The molecule has 0 aliphatic heterocycles. The summed E-state index contributed by atoms with van der Waals surface area (Å²) in [7, 11) is 0. The summed E-state index contributed by atoms with van der Waals surface area (Å²) in [6.07, 6.45) is 6.07. The number of aryl methyl sites for hydroxylation is 2. The number of nitrogens with one attached hydrogen (secondary N) is 1. The molecule has 5 heteroatoms. The molecule has 1 unspecified atom stereocenters. The first kappa shape index (κ1) is 24.4. The summed E-state index contributed by atoms with van der Waals surface area (Å²) in [5, 5.41) is 3.20. The van der Waals surface area contributed by atoms with Crippen molar-refractivity contribution in [3.63, 3.8) is 0 Å². The molecule has 1 N–H and O–H groups in total. The van der Waals surface area contributed by atoms with E-state index in [1.165, 1.54) is 24.8 Å². The van der Waals surface area contributed by atoms with Gasteiger partial charge in [0.25, 0.3) is 0 Å². The molecule has 2 aromatic rings. The van der Waals surface area contributed by atoms with Gasteiger partial charge < -0.3 is 10.2 Å². The molecular formula is C27H36N2O2S. The maximum Gasteiger partial charge on any atom is 0.242 e. The Morgan fingerprint density at radius 3 is 2.41 bits per heavy atom. The van der Waals surface area contributed by atoms with Crippen LogP contribution in [0.15, 0.2) is 53.4 Å². The zero-order valence-electron chi connectivity index (χ0n) is 19.6. The summed E-state index contributed by atoms with van der Waals surface area (Å²) >= 11 is 1.68. The minimum absolute atomic E-state index is 0.0270. The molecule has 1 atom stereocenters. The van der Waals surface area contributed by atoms with Crippen molar-refractivity contribution in [2.24, 2.45) is 0 Å². The summed E-state index contributed by atoms with van der Waals surface area (Å²) in [5.74, 6) is 0.688. The molecule has 172 valence electrons. The summed E-state index contributed by atoms with van der Waals surface area (Å²) in [6.45, 7) is 6.45. The van der Waals surface area contributed by atoms with E-state index in [1.54, 1.807) is 16.7 Å². The predicted molar refractivity (Wildman–Crippen MR) is 133 cm³/mol. The summed E-state index contributed by atoms with van der Waals surface area (Å²) < 4.78 is 0. The van der Waals surface area contributed by atoms with E-state index in [4.69, 9.17) is 0 Å². The lowest BCUT2D eigenvalue weighted by Gasteiger charge is -2.31. The smallest absolute Gasteiger partial charge is 0.242 e. The van der Waals surface area contributed by atoms with E-state index >= 15 is 0 Å². The highest BCUT2D eigenvalue weighted by Crippen LogP contribution is 2.22. The minimum atomic E-state index is -0.492. The molecular weight excluding hydrogens is 416 g/mol. The molecule has 0 radical (unpaired) electrons. The number of carbonyl (C=O) groups excluding carboxylic acids is 2. The third-order valence-electron chi connectivity index (χ3n) is 6.33. The van der Waals surface area contributed by atoms with Crippen LogP contribution in [0.3, 0.4) is 0 Å². The fraction of sp³-hybridized carbons (Fsp3) is 0.481. The minimum Gasteiger partial charge on any atom is -0.352 e. The van der Waals surface area contributed by atoms with Gasteiger partial charge in [0.15, 0.2) is 0 Å². The van der Waals surface area contributed by atoms with E-state index in [0.29, 0.717) is 18.7 Å². The van der Waals surface area contributed by atoms with Crippen LogP contribution in [0.5, 0.6) is 0 Å². The van der Waals surface area contributed by atoms with Crippen LogP contribution in [0.2, 0.25) is 0 Å². The lowest BCUT2D eigenvalue weighted by Crippen LogP contribution is -2.50. The number of rotatable bonds is 9. The Hall–Kier alpha value is -2.27. The first-order valence-electron chi connectivity index (χ1n) is 11.8. The molecule has 32 heavy (non-hydrogen) atoms. The Balaban J connectivity index is 1.65. The van der Waals surface area contributed by atoms with E-state index in [9.17, 15) is 9.59 Å². The second-order valence-electron chi connectivity index (χ2n) is 8.88. The molecule has 2 amide bonds. The van der Waals surface area contributed by atoms with Crippen LogP contribution in [0, 0.1) is 13.8 Å². The van der Waals surface area contributed by atoms with Crippen molar-refractivity contribution in [2.45, 2.75) is 82.8 Å². The third kappa shape index (κ3) is 7.13. The van der Waals surface area contributed by atoms with Gasteiger partial charge in [-0.3, -0.25) is 9.59 Å². The Morgan fingerprint density at radius 1 is 1.03 bits per heavy atom. The van der Waals surface area contributed by atoms with Crippen molar-refractivity contribution in [1.82, 2.24) is 10.2 Å². The summed E-state index contributed by atoms with van der Waals surface area (Å²) in [6, 6.07) is 16.2. The fourth-order valence-corrected chi connectivity index (χ4v) is 5.00. The highest BCUT2D eigenvalue weighted by Gasteiger charge is 2.28. The Kier molecular flexibility index (Phi) is 9.22. The first-order chi connectivity index (χ1) is 15.4. The molecule has 1 aliphatic rings. The average molecular weight is 453 g/mol. The van der Waals surface area contributed by atoms with Gasteiger partial charge in [-0.1, -0.05) is 61.2 Å². The Morgan fingerprint density at radius 2 is 1.72 bits per heavy atom. The van der Waals surface area contributed by atoms with Crippen LogP contribution >= 0.6 is 11.8 Å². The van der Waals surface area contributed by atoms with Gasteiger partial charge >= 0.3 is 0 Å². The van der Waals surface area contributed by atoms with Gasteiger partial charge in [-0.15, -0.1) is 11.8 Å². The van der Waals surface area contributed by atoms with Crippen LogP contribution in [-0.4, -0.2) is 34.6 Å². The number of hydrogen-bond acceptors (Lipinski definition) is 3. The molecule has 3 rings (SSSR count). The van der Waals surface area contributed by atoms with Gasteiger partial charge in [-0.2, -0.15) is 0 Å². The fourth-order valence-electron chi connectivity index (χ4n) is 4.16. The van der Waals surface area contributed by atoms with Gasteiger partial charge in [0.1, 0.15) is 6.04 Å². The van der Waals surface area contributed by atoms with Crippen LogP contribution in [0.1, 0.15) is 62.1 Å². The van der Waals surface area contributed by atoms with Crippen molar-refractivity contribution in [2.75, 3.05) is 5.75 Å². The number of nitrogens with zero attached hydrogens (tertiary/aromatic N) is 1. The lowest BCUT2D eigenvalue weighted by atomic mass is 9.95. The second kappa shape index (κ2) is 12.1. The molecule has 2 aromatic carbocycles. The predicted octanol–water partition coefficient (Wildman–Crippen LogP) is 5.65. The van der Waals surface area contributed by atoms with E-state index in [0.717, 1.165) is 28.9 Å². The SMILES string of the molecule is Cc1ccc(SCCC(=O)N(Cc2ccccc2C)C(C)C(=O)NC2CCCCC2)cc1. The van der Waals surface area contributed by atoms with Crippen molar-refractivity contribution < 1.29 is 9.59 Å². The number of benzene rings is 2. The molecule has 1 fully saturated rings. The van der Waals surface area contributed by atoms with Gasteiger partial charge in [0.2, 0.25) is 11.8 Å². The van der Waals surface area contributed by atoms with E-state index in [2.05, 4.69) is 49.5 Å². The number of thioether (sulfide) groups is 1. The molecule has 0 heterocycles. The average Bonchev–Trinajstić information content (AvgIpc) is 2.80. The van der Waals surface area contributed by atoms with E-state index in [-0.39, 0.29) is 17.9 Å². The standard InChI is InChI=1S/C27H36N2O2S/c1-20-13-15-25(16-14-20)32-18-17-26(30)29(19-23-10-8-7-9-21(23)2)22(3)27(31)28-24-11-5-4-6-12-24/h7-10,13-16,22,24H,4-6,11-12,17-19H2,1-3H3,(H,28,31). The Bertz CT molecular complexity index is 891. The largest absolute Gasteiger partial charge is 0.352 e. The Labute approximate surface area is 197 Å². The lowest BCUT2D eigenvalue weighted by molar-refractivity contribution is -0.140. The summed E-state index contributed by atoms with van der Waals surface area (Å²) in [5.41, 5.74) is 3.45. The molecule has 4 nitrogen and oxygen atoms in total. The normalized spacial score (nSPS) is 15.2. The van der Waals surface area contributed by atoms with Crippen LogP contribution in [0.4, 0.5) is 0 Å². The zero-order chi connectivity index (χ0) is 22.9. The van der Waals surface area contributed by atoms with Gasteiger partial charge in [-0.25, -0.2) is 0 Å². The third-order valence-corrected chi connectivity index (χ3v) is 7.34. The maximum absolute atomic E-state index is 13.3. The highest BCUT2D eigenvalue weighted by atomic mass is 32.2. The second-order valence-corrected chi connectivity index (χ2v) is 10.0. The van der Waals surface area contributed by atoms with Crippen LogP contribution < -0.4 is 5.32 Å². The monoisotopic (exact) mass is 452 g/mol. The zero-order valence-corrected chi connectivity index (χ0v) is 20.4.